The van der Waals surface area contributed by atoms with Crippen LogP contribution in [0.4, 0.5) is 0 Å². The van der Waals surface area contributed by atoms with E-state index in [0.29, 0.717) is 12.1 Å². The van der Waals surface area contributed by atoms with E-state index in [4.69, 9.17) is 0 Å². The van der Waals surface area contributed by atoms with Crippen molar-refractivity contribution in [3.05, 3.63) is 60.0 Å². The van der Waals surface area contributed by atoms with Crippen molar-refractivity contribution in [2.45, 2.75) is 6.42 Å². The Bertz CT molecular complexity index is 766. The van der Waals surface area contributed by atoms with Crippen molar-refractivity contribution >= 4 is 16.8 Å². The highest BCUT2D eigenvalue weighted by molar-refractivity contribution is 5.94. The SMILES string of the molecule is O=C(NCCc1c[nH]c2cc(O)ccc12)c1ccncc1. The van der Waals surface area contributed by atoms with E-state index in [1.807, 2.05) is 12.3 Å². The number of aromatic nitrogens is 2. The minimum atomic E-state index is -0.102. The summed E-state index contributed by atoms with van der Waals surface area (Å²) in [6, 6.07) is 8.60. The molecule has 1 amide bonds. The minimum absolute atomic E-state index is 0.102. The Hall–Kier alpha value is -2.82. The average Bonchev–Trinajstić information content (AvgIpc) is 2.90. The van der Waals surface area contributed by atoms with Crippen molar-refractivity contribution < 1.29 is 9.90 Å². The quantitative estimate of drug-likeness (QED) is 0.686. The van der Waals surface area contributed by atoms with Gasteiger partial charge in [-0.05, 0) is 36.2 Å². The standard InChI is InChI=1S/C16H15N3O2/c20-13-1-2-14-12(10-19-15(14)9-13)5-8-18-16(21)11-3-6-17-7-4-11/h1-4,6-7,9-10,19-20H,5,8H2,(H,18,21). The van der Waals surface area contributed by atoms with Crippen molar-refractivity contribution in [1.29, 1.82) is 0 Å². The average molecular weight is 281 g/mol. The molecule has 1 aromatic carbocycles. The van der Waals surface area contributed by atoms with Gasteiger partial charge in [0.05, 0.1) is 0 Å². The number of H-pyrrole nitrogens is 1. The summed E-state index contributed by atoms with van der Waals surface area (Å²) in [4.78, 5) is 18.9. The van der Waals surface area contributed by atoms with Crippen LogP contribution in [0, 0.1) is 0 Å². The first-order valence-electron chi connectivity index (χ1n) is 6.71. The first kappa shape index (κ1) is 13.2. The zero-order valence-corrected chi connectivity index (χ0v) is 11.3. The molecule has 5 heteroatoms. The van der Waals surface area contributed by atoms with Crippen LogP contribution >= 0.6 is 0 Å². The second-order valence-electron chi connectivity index (χ2n) is 4.79. The summed E-state index contributed by atoms with van der Waals surface area (Å²) in [6.45, 7) is 0.551. The highest BCUT2D eigenvalue weighted by Crippen LogP contribution is 2.22. The molecule has 0 spiro atoms. The maximum atomic E-state index is 11.9. The van der Waals surface area contributed by atoms with Gasteiger partial charge < -0.3 is 15.4 Å². The van der Waals surface area contributed by atoms with E-state index in [0.717, 1.165) is 22.9 Å². The lowest BCUT2D eigenvalue weighted by Crippen LogP contribution is -2.25. The molecule has 3 aromatic rings. The predicted octanol–water partition coefficient (Wildman–Crippen LogP) is 2.24. The molecule has 0 aliphatic heterocycles. The third-order valence-electron chi connectivity index (χ3n) is 3.37. The van der Waals surface area contributed by atoms with Gasteiger partial charge in [-0.1, -0.05) is 0 Å². The Morgan fingerprint density at radius 1 is 1.24 bits per heavy atom. The molecule has 5 nitrogen and oxygen atoms in total. The summed E-state index contributed by atoms with van der Waals surface area (Å²) < 4.78 is 0. The second-order valence-corrected chi connectivity index (χ2v) is 4.79. The number of fused-ring (bicyclic) bond motifs is 1. The van der Waals surface area contributed by atoms with Crippen LogP contribution in [0.1, 0.15) is 15.9 Å². The molecule has 0 aliphatic rings. The van der Waals surface area contributed by atoms with Gasteiger partial charge in [0.1, 0.15) is 5.75 Å². The molecular formula is C16H15N3O2. The van der Waals surface area contributed by atoms with E-state index >= 15 is 0 Å². The molecule has 0 radical (unpaired) electrons. The van der Waals surface area contributed by atoms with Gasteiger partial charge in [-0.15, -0.1) is 0 Å². The zero-order chi connectivity index (χ0) is 14.7. The topological polar surface area (TPSA) is 78.0 Å². The van der Waals surface area contributed by atoms with Crippen LogP contribution in [0.15, 0.2) is 48.9 Å². The fraction of sp³-hybridized carbons (Fsp3) is 0.125. The normalized spacial score (nSPS) is 10.7. The molecule has 0 atom stereocenters. The van der Waals surface area contributed by atoms with Crippen molar-refractivity contribution in [2.24, 2.45) is 0 Å². The first-order chi connectivity index (χ1) is 10.2. The number of rotatable bonds is 4. The fourth-order valence-corrected chi connectivity index (χ4v) is 2.30. The van der Waals surface area contributed by atoms with Crippen molar-refractivity contribution in [2.75, 3.05) is 6.54 Å². The molecule has 0 bridgehead atoms. The number of aromatic amines is 1. The number of benzene rings is 1. The number of nitrogens with one attached hydrogen (secondary N) is 2. The Kier molecular flexibility index (Phi) is 3.55. The highest BCUT2D eigenvalue weighted by Gasteiger charge is 2.07. The molecule has 2 heterocycles. The lowest BCUT2D eigenvalue weighted by Gasteiger charge is -2.04. The van der Waals surface area contributed by atoms with Gasteiger partial charge in [-0.25, -0.2) is 0 Å². The third kappa shape index (κ3) is 2.86. The summed E-state index contributed by atoms with van der Waals surface area (Å²) in [5.74, 6) is 0.136. The van der Waals surface area contributed by atoms with Crippen molar-refractivity contribution in [1.82, 2.24) is 15.3 Å². The number of hydrogen-bond acceptors (Lipinski definition) is 3. The van der Waals surface area contributed by atoms with Gasteiger partial charge in [0.15, 0.2) is 0 Å². The number of aromatic hydroxyl groups is 1. The number of amides is 1. The van der Waals surface area contributed by atoms with Crippen LogP contribution in [0.5, 0.6) is 5.75 Å². The van der Waals surface area contributed by atoms with Crippen molar-refractivity contribution in [3.8, 4) is 5.75 Å². The lowest BCUT2D eigenvalue weighted by atomic mass is 10.1. The number of pyridine rings is 1. The molecular weight excluding hydrogens is 266 g/mol. The van der Waals surface area contributed by atoms with E-state index in [9.17, 15) is 9.90 Å². The van der Waals surface area contributed by atoms with Crippen LogP contribution < -0.4 is 5.32 Å². The minimum Gasteiger partial charge on any atom is -0.508 e. The Labute approximate surface area is 121 Å². The largest absolute Gasteiger partial charge is 0.508 e. The van der Waals surface area contributed by atoms with E-state index in [2.05, 4.69) is 15.3 Å². The van der Waals surface area contributed by atoms with E-state index < -0.39 is 0 Å². The second kappa shape index (κ2) is 5.66. The number of hydrogen-bond donors (Lipinski definition) is 3. The maximum absolute atomic E-state index is 11.9. The zero-order valence-electron chi connectivity index (χ0n) is 11.3. The molecule has 3 N–H and O–H groups in total. The van der Waals surface area contributed by atoms with Gasteiger partial charge in [0, 0.05) is 47.7 Å². The summed E-state index contributed by atoms with van der Waals surface area (Å²) in [7, 11) is 0. The summed E-state index contributed by atoms with van der Waals surface area (Å²) in [6.07, 6.45) is 5.83. The van der Waals surface area contributed by atoms with Gasteiger partial charge >= 0.3 is 0 Å². The van der Waals surface area contributed by atoms with E-state index in [1.54, 1.807) is 36.7 Å². The monoisotopic (exact) mass is 281 g/mol. The maximum Gasteiger partial charge on any atom is 0.251 e. The van der Waals surface area contributed by atoms with Gasteiger partial charge in [0.25, 0.3) is 5.91 Å². The van der Waals surface area contributed by atoms with Crippen LogP contribution in [0.2, 0.25) is 0 Å². The predicted molar refractivity (Wildman–Crippen MR) is 80.2 cm³/mol. The van der Waals surface area contributed by atoms with Crippen LogP contribution in [-0.4, -0.2) is 27.5 Å². The molecule has 2 aromatic heterocycles. The molecule has 0 saturated carbocycles. The summed E-state index contributed by atoms with van der Waals surface area (Å²) >= 11 is 0. The Balaban J connectivity index is 1.63. The molecule has 3 rings (SSSR count). The molecule has 0 aliphatic carbocycles. The molecule has 0 unspecified atom stereocenters. The molecule has 21 heavy (non-hydrogen) atoms. The molecule has 0 fully saturated rings. The molecule has 106 valence electrons. The first-order valence-corrected chi connectivity index (χ1v) is 6.71. The number of nitrogens with zero attached hydrogens (tertiary/aromatic N) is 1. The Morgan fingerprint density at radius 2 is 2.05 bits per heavy atom. The van der Waals surface area contributed by atoms with E-state index in [-0.39, 0.29) is 11.7 Å². The number of phenolic OH excluding ortho intramolecular Hbond substituents is 1. The summed E-state index contributed by atoms with van der Waals surface area (Å²) in [5, 5.41) is 13.4. The highest BCUT2D eigenvalue weighted by atomic mass is 16.3. The summed E-state index contributed by atoms with van der Waals surface area (Å²) in [5.41, 5.74) is 2.61. The van der Waals surface area contributed by atoms with Crippen LogP contribution in [0.3, 0.4) is 0 Å². The van der Waals surface area contributed by atoms with Gasteiger partial charge in [-0.2, -0.15) is 0 Å². The van der Waals surface area contributed by atoms with Gasteiger partial charge in [0.2, 0.25) is 0 Å². The van der Waals surface area contributed by atoms with Crippen LogP contribution in [-0.2, 0) is 6.42 Å². The van der Waals surface area contributed by atoms with Gasteiger partial charge in [-0.3, -0.25) is 9.78 Å². The molecule has 0 saturated heterocycles. The fourth-order valence-electron chi connectivity index (χ4n) is 2.30. The van der Waals surface area contributed by atoms with E-state index in [1.165, 1.54) is 0 Å². The number of phenols is 1. The Morgan fingerprint density at radius 3 is 2.86 bits per heavy atom. The van der Waals surface area contributed by atoms with Crippen molar-refractivity contribution in [3.63, 3.8) is 0 Å². The van der Waals surface area contributed by atoms with Crippen LogP contribution in [0.25, 0.3) is 10.9 Å². The lowest BCUT2D eigenvalue weighted by molar-refractivity contribution is 0.0954. The number of carbonyl (C=O) groups is 1. The number of carbonyl (C=O) groups excluding carboxylic acids is 1. The third-order valence-corrected chi connectivity index (χ3v) is 3.37. The smallest absolute Gasteiger partial charge is 0.251 e.